The number of nitrogens with one attached hydrogen (secondary N) is 2. The topological polar surface area (TPSA) is 79.8 Å². The Labute approximate surface area is 191 Å². The van der Waals surface area contributed by atoms with E-state index in [2.05, 4.69) is 31.8 Å². The lowest BCUT2D eigenvalue weighted by Gasteiger charge is -2.09. The van der Waals surface area contributed by atoms with E-state index in [0.29, 0.717) is 11.1 Å². The molecule has 9 heteroatoms. The van der Waals surface area contributed by atoms with Crippen LogP contribution in [0, 0.1) is 5.82 Å². The van der Waals surface area contributed by atoms with Gasteiger partial charge in [-0.05, 0) is 54.1 Å². The number of benzene rings is 3. The van der Waals surface area contributed by atoms with Crippen molar-refractivity contribution in [2.45, 2.75) is 0 Å². The Morgan fingerprint density at radius 2 is 1.90 bits per heavy atom. The van der Waals surface area contributed by atoms with E-state index < -0.39 is 11.7 Å². The largest absolute Gasteiger partial charge is 0.482 e. The second-order valence-corrected chi connectivity index (χ2v) is 7.54. The van der Waals surface area contributed by atoms with Crippen LogP contribution in [0.3, 0.4) is 0 Å². The van der Waals surface area contributed by atoms with E-state index in [0.717, 1.165) is 4.47 Å². The van der Waals surface area contributed by atoms with Gasteiger partial charge in [0.05, 0.1) is 16.9 Å². The Hall–Kier alpha value is -3.23. The molecule has 0 saturated carbocycles. The molecule has 0 radical (unpaired) electrons. The third kappa shape index (κ3) is 6.63. The van der Waals surface area contributed by atoms with Gasteiger partial charge in [-0.1, -0.05) is 45.7 Å². The van der Waals surface area contributed by atoms with Crippen molar-refractivity contribution in [1.82, 2.24) is 5.43 Å². The summed E-state index contributed by atoms with van der Waals surface area (Å²) in [6.07, 6.45) is 1.43. The van der Waals surface area contributed by atoms with Gasteiger partial charge in [0.2, 0.25) is 0 Å². The van der Waals surface area contributed by atoms with E-state index >= 15 is 0 Å². The molecule has 158 valence electrons. The maximum Gasteiger partial charge on any atom is 0.271 e. The van der Waals surface area contributed by atoms with Crippen LogP contribution in [-0.4, -0.2) is 24.6 Å². The molecule has 3 aromatic rings. The van der Waals surface area contributed by atoms with Crippen molar-refractivity contribution in [1.29, 1.82) is 0 Å². The van der Waals surface area contributed by atoms with E-state index in [4.69, 9.17) is 16.3 Å². The standard InChI is InChI=1S/C22H16BrClFN3O3/c23-16-5-3-4-15(11-16)22(30)28-26-12-14-8-9-20(17(24)10-14)31-13-21(29)27-19-7-2-1-6-18(19)25/h1-12H,13H2,(H,27,29)(H,28,30)/b26-12-. The monoisotopic (exact) mass is 503 g/mol. The smallest absolute Gasteiger partial charge is 0.271 e. The van der Waals surface area contributed by atoms with E-state index in [1.54, 1.807) is 42.5 Å². The minimum atomic E-state index is -0.537. The van der Waals surface area contributed by atoms with Crippen LogP contribution in [0.1, 0.15) is 15.9 Å². The molecule has 0 atom stereocenters. The highest BCUT2D eigenvalue weighted by molar-refractivity contribution is 9.10. The van der Waals surface area contributed by atoms with Crippen LogP contribution < -0.4 is 15.5 Å². The van der Waals surface area contributed by atoms with Crippen molar-refractivity contribution in [3.05, 3.63) is 93.2 Å². The highest BCUT2D eigenvalue weighted by Gasteiger charge is 2.09. The van der Waals surface area contributed by atoms with Crippen molar-refractivity contribution in [3.8, 4) is 5.75 Å². The maximum absolute atomic E-state index is 13.6. The van der Waals surface area contributed by atoms with Crippen molar-refractivity contribution in [3.63, 3.8) is 0 Å². The molecule has 0 unspecified atom stereocenters. The Balaban J connectivity index is 1.53. The molecular weight excluding hydrogens is 489 g/mol. The number of amides is 2. The zero-order valence-electron chi connectivity index (χ0n) is 15.9. The van der Waals surface area contributed by atoms with E-state index in [-0.39, 0.29) is 29.0 Å². The van der Waals surface area contributed by atoms with E-state index in [1.165, 1.54) is 24.4 Å². The minimum absolute atomic E-state index is 0.0682. The molecule has 0 fully saturated rings. The first kappa shape index (κ1) is 22.5. The quantitative estimate of drug-likeness (QED) is 0.350. The Kier molecular flexibility index (Phi) is 7.75. The van der Waals surface area contributed by atoms with Crippen LogP contribution in [0.2, 0.25) is 5.02 Å². The number of rotatable bonds is 7. The number of nitrogens with zero attached hydrogens (tertiary/aromatic N) is 1. The number of anilines is 1. The van der Waals surface area contributed by atoms with Gasteiger partial charge in [0, 0.05) is 10.0 Å². The molecule has 3 rings (SSSR count). The van der Waals surface area contributed by atoms with Gasteiger partial charge in [0.1, 0.15) is 11.6 Å². The number of halogens is 3. The first-order chi connectivity index (χ1) is 14.9. The number of hydrogen-bond acceptors (Lipinski definition) is 4. The molecule has 2 N–H and O–H groups in total. The highest BCUT2D eigenvalue weighted by Crippen LogP contribution is 2.25. The molecule has 31 heavy (non-hydrogen) atoms. The lowest BCUT2D eigenvalue weighted by atomic mass is 10.2. The van der Waals surface area contributed by atoms with E-state index in [1.807, 2.05) is 6.07 Å². The number of hydrazone groups is 1. The van der Waals surface area contributed by atoms with E-state index in [9.17, 15) is 14.0 Å². The van der Waals surface area contributed by atoms with Gasteiger partial charge in [-0.25, -0.2) is 9.82 Å². The number of ether oxygens (including phenoxy) is 1. The molecule has 6 nitrogen and oxygen atoms in total. The fraction of sp³-hybridized carbons (Fsp3) is 0.0455. The molecule has 2 amide bonds. The van der Waals surface area contributed by atoms with Gasteiger partial charge in [-0.3, -0.25) is 9.59 Å². The predicted octanol–water partition coefficient (Wildman–Crippen LogP) is 5.02. The van der Waals surface area contributed by atoms with Crippen LogP contribution in [0.15, 0.2) is 76.3 Å². The van der Waals surface area contributed by atoms with Crippen LogP contribution in [0.25, 0.3) is 0 Å². The normalized spacial score (nSPS) is 10.7. The summed E-state index contributed by atoms with van der Waals surface area (Å²) in [6, 6.07) is 17.5. The predicted molar refractivity (Wildman–Crippen MR) is 121 cm³/mol. The summed E-state index contributed by atoms with van der Waals surface area (Å²) in [5.74, 6) is -1.14. The lowest BCUT2D eigenvalue weighted by molar-refractivity contribution is -0.118. The second kappa shape index (κ2) is 10.7. The van der Waals surface area contributed by atoms with Gasteiger partial charge >= 0.3 is 0 Å². The van der Waals surface area contributed by atoms with Gasteiger partial charge in [0.15, 0.2) is 6.61 Å². The molecule has 0 aliphatic heterocycles. The van der Waals surface area contributed by atoms with Gasteiger partial charge in [-0.15, -0.1) is 0 Å². The van der Waals surface area contributed by atoms with Gasteiger partial charge in [0.25, 0.3) is 11.8 Å². The second-order valence-electron chi connectivity index (χ2n) is 6.22. The summed E-state index contributed by atoms with van der Waals surface area (Å²) in [7, 11) is 0. The minimum Gasteiger partial charge on any atom is -0.482 e. The summed E-state index contributed by atoms with van der Waals surface area (Å²) in [5, 5.41) is 6.58. The van der Waals surface area contributed by atoms with Crippen molar-refractivity contribution in [2.24, 2.45) is 5.10 Å². The van der Waals surface area contributed by atoms with Gasteiger partial charge < -0.3 is 10.1 Å². The summed E-state index contributed by atoms with van der Waals surface area (Å²) in [5.41, 5.74) is 3.57. The maximum atomic E-state index is 13.6. The first-order valence-electron chi connectivity index (χ1n) is 8.98. The Morgan fingerprint density at radius 1 is 1.10 bits per heavy atom. The average Bonchev–Trinajstić information content (AvgIpc) is 2.74. The molecule has 0 saturated heterocycles. The van der Waals surface area contributed by atoms with Crippen LogP contribution in [-0.2, 0) is 4.79 Å². The molecule has 0 aliphatic carbocycles. The van der Waals surface area contributed by atoms with Crippen molar-refractivity contribution in [2.75, 3.05) is 11.9 Å². The summed E-state index contributed by atoms with van der Waals surface area (Å²) >= 11 is 9.49. The molecule has 3 aromatic carbocycles. The Morgan fingerprint density at radius 3 is 2.65 bits per heavy atom. The summed E-state index contributed by atoms with van der Waals surface area (Å²) < 4.78 is 19.7. The fourth-order valence-electron chi connectivity index (χ4n) is 2.47. The SMILES string of the molecule is O=C(COc1ccc(/C=N\NC(=O)c2cccc(Br)c2)cc1Cl)Nc1ccccc1F. The highest BCUT2D eigenvalue weighted by atomic mass is 79.9. The third-order valence-corrected chi connectivity index (χ3v) is 4.72. The first-order valence-corrected chi connectivity index (χ1v) is 10.1. The molecule has 0 heterocycles. The van der Waals surface area contributed by atoms with Crippen LogP contribution in [0.5, 0.6) is 5.75 Å². The fourth-order valence-corrected chi connectivity index (χ4v) is 3.11. The number of hydrogen-bond donors (Lipinski definition) is 2. The molecule has 0 aliphatic rings. The summed E-state index contributed by atoms with van der Waals surface area (Å²) in [4.78, 5) is 24.0. The zero-order valence-corrected chi connectivity index (χ0v) is 18.3. The molecule has 0 aromatic heterocycles. The van der Waals surface area contributed by atoms with Gasteiger partial charge in [-0.2, -0.15) is 5.10 Å². The number of carbonyl (C=O) groups excluding carboxylic acids is 2. The van der Waals surface area contributed by atoms with Crippen molar-refractivity contribution < 1.29 is 18.7 Å². The molecular formula is C22H16BrClFN3O3. The molecule has 0 bridgehead atoms. The molecule has 0 spiro atoms. The van der Waals surface area contributed by atoms with Crippen molar-refractivity contribution >= 4 is 51.2 Å². The van der Waals surface area contributed by atoms with Crippen LogP contribution in [0.4, 0.5) is 10.1 Å². The zero-order chi connectivity index (χ0) is 22.2. The van der Waals surface area contributed by atoms with Crippen LogP contribution >= 0.6 is 27.5 Å². The number of para-hydroxylation sites is 1. The number of carbonyl (C=O) groups is 2. The Bertz CT molecular complexity index is 1140. The third-order valence-electron chi connectivity index (χ3n) is 3.93. The average molecular weight is 505 g/mol. The summed E-state index contributed by atoms with van der Waals surface area (Å²) in [6.45, 7) is -0.343. The lowest BCUT2D eigenvalue weighted by Crippen LogP contribution is -2.20.